The van der Waals surface area contributed by atoms with Crippen molar-refractivity contribution in [3.63, 3.8) is 0 Å². The van der Waals surface area contributed by atoms with Crippen LogP contribution in [0.3, 0.4) is 0 Å². The molecule has 0 unspecified atom stereocenters. The number of hydrogen-bond donors (Lipinski definition) is 1. The van der Waals surface area contributed by atoms with Crippen LogP contribution in [0.5, 0.6) is 5.75 Å². The van der Waals surface area contributed by atoms with Gasteiger partial charge in [0.25, 0.3) is 0 Å². The molecule has 1 rings (SSSR count). The van der Waals surface area contributed by atoms with Crippen molar-refractivity contribution in [1.82, 2.24) is 0 Å². The Morgan fingerprint density at radius 3 is 1.83 bits per heavy atom. The third-order valence-corrected chi connectivity index (χ3v) is 5.84. The molecule has 1 aromatic rings. The molecule has 6 heteroatoms. The van der Waals surface area contributed by atoms with Gasteiger partial charge in [0, 0.05) is 12.7 Å². The molecule has 0 saturated carbocycles. The fourth-order valence-electron chi connectivity index (χ4n) is 3.74. The van der Waals surface area contributed by atoms with E-state index < -0.39 is 5.97 Å². The number of unbranched alkanes of at least 4 members (excludes halogenated alkanes) is 12. The molecule has 0 atom stereocenters. The molecule has 202 valence electrons. The molecule has 0 amide bonds. The van der Waals surface area contributed by atoms with Crippen LogP contribution >= 0.6 is 0 Å². The van der Waals surface area contributed by atoms with Gasteiger partial charge in [0.15, 0.2) is 0 Å². The lowest BCUT2D eigenvalue weighted by atomic mass is 10.1. The average molecular weight is 503 g/mol. The summed E-state index contributed by atoms with van der Waals surface area (Å²) < 4.78 is 15.4. The van der Waals surface area contributed by atoms with Crippen LogP contribution in [0.15, 0.2) is 42.5 Å². The van der Waals surface area contributed by atoms with Crippen LogP contribution in [0, 0.1) is 0 Å². The van der Waals surface area contributed by atoms with Crippen LogP contribution in [0.1, 0.15) is 95.5 Å². The lowest BCUT2D eigenvalue weighted by Crippen LogP contribution is -2.07. The van der Waals surface area contributed by atoms with Crippen LogP contribution < -0.4 is 4.74 Å². The number of carboxylic acid groups (broad SMARTS) is 1. The van der Waals surface area contributed by atoms with E-state index >= 15 is 0 Å². The molecule has 36 heavy (non-hydrogen) atoms. The second kappa shape index (κ2) is 22.8. The van der Waals surface area contributed by atoms with E-state index in [9.17, 15) is 9.59 Å². The van der Waals surface area contributed by atoms with Gasteiger partial charge in [0.05, 0.1) is 13.7 Å². The van der Waals surface area contributed by atoms with Crippen molar-refractivity contribution in [3.8, 4) is 5.75 Å². The van der Waals surface area contributed by atoms with Gasteiger partial charge in [-0.25, -0.2) is 9.59 Å². The highest BCUT2D eigenvalue weighted by atomic mass is 16.5. The van der Waals surface area contributed by atoms with Crippen LogP contribution in [0.2, 0.25) is 0 Å². The van der Waals surface area contributed by atoms with E-state index in [1.807, 2.05) is 24.3 Å². The van der Waals surface area contributed by atoms with Gasteiger partial charge in [-0.15, -0.1) is 0 Å². The van der Waals surface area contributed by atoms with Crippen LogP contribution in [-0.2, 0) is 19.1 Å². The van der Waals surface area contributed by atoms with Gasteiger partial charge in [-0.05, 0) is 62.3 Å². The second-order valence-corrected chi connectivity index (χ2v) is 9.01. The molecule has 1 N–H and O–H groups in total. The summed E-state index contributed by atoms with van der Waals surface area (Å²) >= 11 is 0. The normalized spacial score (nSPS) is 11.4. The minimum Gasteiger partial charge on any atom is -0.497 e. The third kappa shape index (κ3) is 19.7. The van der Waals surface area contributed by atoms with Crippen molar-refractivity contribution in [2.45, 2.75) is 89.9 Å². The Hall–Kier alpha value is -2.60. The van der Waals surface area contributed by atoms with Crippen molar-refractivity contribution in [2.75, 3.05) is 26.9 Å². The van der Waals surface area contributed by atoms with Crippen molar-refractivity contribution in [2.24, 2.45) is 0 Å². The van der Waals surface area contributed by atoms with Gasteiger partial charge in [-0.2, -0.15) is 0 Å². The Labute approximate surface area is 217 Å². The maximum atomic E-state index is 11.8. The first-order valence-electron chi connectivity index (χ1n) is 13.5. The molecule has 0 aliphatic heterocycles. The van der Waals surface area contributed by atoms with Crippen molar-refractivity contribution >= 4 is 18.0 Å². The topological polar surface area (TPSA) is 82.1 Å². The monoisotopic (exact) mass is 502 g/mol. The lowest BCUT2D eigenvalue weighted by molar-refractivity contribution is -0.142. The highest BCUT2D eigenvalue weighted by Crippen LogP contribution is 2.13. The van der Waals surface area contributed by atoms with E-state index in [4.69, 9.17) is 19.3 Å². The first-order valence-corrected chi connectivity index (χ1v) is 13.5. The Morgan fingerprint density at radius 2 is 1.28 bits per heavy atom. The Kier molecular flexibility index (Phi) is 19.9. The molecule has 0 fully saturated rings. The first kappa shape index (κ1) is 31.4. The van der Waals surface area contributed by atoms with Crippen molar-refractivity contribution in [3.05, 3.63) is 48.1 Å². The summed E-state index contributed by atoms with van der Waals surface area (Å²) in [5.74, 6) is -0.398. The molecule has 0 aliphatic rings. The van der Waals surface area contributed by atoms with E-state index in [1.54, 1.807) is 13.2 Å². The number of rotatable bonds is 23. The highest BCUT2D eigenvalue weighted by Gasteiger charge is 1.99. The van der Waals surface area contributed by atoms with Gasteiger partial charge in [-0.1, -0.05) is 75.7 Å². The molecular weight excluding hydrogens is 456 g/mol. The molecule has 0 aliphatic carbocycles. The summed E-state index contributed by atoms with van der Waals surface area (Å²) in [6.07, 6.45) is 24.1. The predicted octanol–water partition coefficient (Wildman–Crippen LogP) is 7.37. The molecule has 0 bridgehead atoms. The van der Waals surface area contributed by atoms with Crippen LogP contribution in [-0.4, -0.2) is 44.0 Å². The van der Waals surface area contributed by atoms with Crippen molar-refractivity contribution in [1.29, 1.82) is 0 Å². The van der Waals surface area contributed by atoms with E-state index in [-0.39, 0.29) is 12.6 Å². The zero-order chi connectivity index (χ0) is 26.1. The molecule has 1 aromatic carbocycles. The van der Waals surface area contributed by atoms with E-state index in [0.717, 1.165) is 49.8 Å². The molecule has 0 radical (unpaired) electrons. The smallest absolute Gasteiger partial charge is 0.330 e. The average Bonchev–Trinajstić information content (AvgIpc) is 2.88. The Morgan fingerprint density at radius 1 is 0.750 bits per heavy atom. The van der Waals surface area contributed by atoms with Crippen molar-refractivity contribution < 1.29 is 28.9 Å². The number of hydrogen-bond acceptors (Lipinski definition) is 5. The summed E-state index contributed by atoms with van der Waals surface area (Å²) in [7, 11) is 1.63. The summed E-state index contributed by atoms with van der Waals surface area (Å²) in [6, 6.07) is 7.52. The number of methoxy groups -OCH3 is 1. The zero-order valence-corrected chi connectivity index (χ0v) is 22.1. The van der Waals surface area contributed by atoms with E-state index in [1.165, 1.54) is 57.4 Å². The maximum absolute atomic E-state index is 11.8. The number of benzene rings is 1. The van der Waals surface area contributed by atoms with Gasteiger partial charge in [-0.3, -0.25) is 0 Å². The number of carbonyl (C=O) groups excluding carboxylic acids is 1. The van der Waals surface area contributed by atoms with Gasteiger partial charge in [0.2, 0.25) is 0 Å². The fraction of sp³-hybridized carbons (Fsp3) is 0.600. The standard InChI is InChI=1S/C30H46O6/c1-34-28-21-18-27(19-22-28)20-23-30(33)36-25-17-15-13-11-9-7-5-3-2-4-6-8-10-12-14-16-24-35-26-29(31)32/h2-3,18-23H,4-17,24-26H2,1H3,(H,31,32)/b3-2+,23-20+. The number of aliphatic carboxylic acids is 1. The molecule has 6 nitrogen and oxygen atoms in total. The van der Waals surface area contributed by atoms with Crippen LogP contribution in [0.25, 0.3) is 6.08 Å². The second-order valence-electron chi connectivity index (χ2n) is 9.01. The summed E-state index contributed by atoms with van der Waals surface area (Å²) in [6.45, 7) is 0.849. The number of carbonyl (C=O) groups is 2. The molecule has 0 heterocycles. The third-order valence-electron chi connectivity index (χ3n) is 5.84. The van der Waals surface area contributed by atoms with Gasteiger partial charge >= 0.3 is 11.9 Å². The highest BCUT2D eigenvalue weighted by molar-refractivity contribution is 5.87. The van der Waals surface area contributed by atoms with E-state index in [0.29, 0.717) is 13.2 Å². The quantitative estimate of drug-likeness (QED) is 0.0728. The minimum absolute atomic E-state index is 0.184. The number of allylic oxidation sites excluding steroid dienone is 2. The minimum atomic E-state index is -0.897. The maximum Gasteiger partial charge on any atom is 0.330 e. The Balaban J connectivity index is 1.81. The first-order chi connectivity index (χ1) is 17.6. The predicted molar refractivity (Wildman–Crippen MR) is 145 cm³/mol. The molecule has 0 saturated heterocycles. The Bertz CT molecular complexity index is 738. The number of esters is 1. The molecule has 0 spiro atoms. The SMILES string of the molecule is COc1ccc(/C=C/C(=O)OCCCCCCCC/C=C/CCCCCCCCOCC(=O)O)cc1. The van der Waals surface area contributed by atoms with Crippen LogP contribution in [0.4, 0.5) is 0 Å². The number of carboxylic acids is 1. The fourth-order valence-corrected chi connectivity index (χ4v) is 3.74. The number of ether oxygens (including phenoxy) is 3. The molecular formula is C30H46O6. The summed E-state index contributed by atoms with van der Waals surface area (Å²) in [5, 5.41) is 8.48. The van der Waals surface area contributed by atoms with Gasteiger partial charge in [0.1, 0.15) is 12.4 Å². The molecule has 0 aromatic heterocycles. The van der Waals surface area contributed by atoms with Gasteiger partial charge < -0.3 is 19.3 Å². The summed E-state index contributed by atoms with van der Waals surface area (Å²) in [4.78, 5) is 22.1. The summed E-state index contributed by atoms with van der Waals surface area (Å²) in [5.41, 5.74) is 0.938. The zero-order valence-electron chi connectivity index (χ0n) is 22.1. The lowest BCUT2D eigenvalue weighted by Gasteiger charge is -2.03. The van der Waals surface area contributed by atoms with E-state index in [2.05, 4.69) is 12.2 Å². The largest absolute Gasteiger partial charge is 0.497 e.